The van der Waals surface area contributed by atoms with Gasteiger partial charge in [0.2, 0.25) is 0 Å². The number of aryl methyl sites for hydroxylation is 1. The highest BCUT2D eigenvalue weighted by Gasteiger charge is 2.22. The third-order valence-electron chi connectivity index (χ3n) is 4.10. The van der Waals surface area contributed by atoms with Gasteiger partial charge >= 0.3 is 5.97 Å². The van der Waals surface area contributed by atoms with Crippen molar-refractivity contribution in [3.63, 3.8) is 0 Å². The van der Waals surface area contributed by atoms with Crippen LogP contribution in [0.3, 0.4) is 0 Å². The molecular formula is C19H25N2O3S+. The minimum atomic E-state index is -0.388. The molecule has 134 valence electrons. The maximum atomic E-state index is 12.3. The van der Waals surface area contributed by atoms with E-state index in [1.807, 2.05) is 49.5 Å². The number of hydrogen-bond acceptors (Lipinski definition) is 4. The first-order chi connectivity index (χ1) is 11.9. The Labute approximate surface area is 152 Å². The number of anilines is 1. The lowest BCUT2D eigenvalue weighted by Gasteiger charge is -2.11. The smallest absolute Gasteiger partial charge is 0.341 e. The molecule has 0 aliphatic heterocycles. The Bertz CT molecular complexity index is 741. The minimum absolute atomic E-state index is 0.130. The molecule has 0 radical (unpaired) electrons. The van der Waals surface area contributed by atoms with Gasteiger partial charge in [0.15, 0.2) is 6.54 Å². The molecule has 0 saturated heterocycles. The monoisotopic (exact) mass is 361 g/mol. The van der Waals surface area contributed by atoms with Gasteiger partial charge in [-0.05, 0) is 33.3 Å². The van der Waals surface area contributed by atoms with E-state index in [0.717, 1.165) is 10.4 Å². The lowest BCUT2D eigenvalue weighted by atomic mass is 10.1. The second kappa shape index (κ2) is 8.78. The van der Waals surface area contributed by atoms with Crippen molar-refractivity contribution in [3.8, 4) is 0 Å². The summed E-state index contributed by atoms with van der Waals surface area (Å²) in [5.74, 6) is -0.518. The Morgan fingerprint density at radius 1 is 1.24 bits per heavy atom. The molecule has 0 aliphatic carbocycles. The van der Waals surface area contributed by atoms with Crippen LogP contribution in [0.2, 0.25) is 0 Å². The molecule has 2 aromatic rings. The number of rotatable bonds is 7. The van der Waals surface area contributed by atoms with Gasteiger partial charge in [0.05, 0.1) is 12.2 Å². The summed E-state index contributed by atoms with van der Waals surface area (Å²) in [5.41, 5.74) is 2.50. The van der Waals surface area contributed by atoms with Gasteiger partial charge in [0, 0.05) is 10.4 Å². The van der Waals surface area contributed by atoms with Crippen LogP contribution in [0.1, 0.15) is 46.3 Å². The van der Waals surface area contributed by atoms with Crippen molar-refractivity contribution in [1.82, 2.24) is 0 Å². The first-order valence-corrected chi connectivity index (χ1v) is 9.20. The fourth-order valence-electron chi connectivity index (χ4n) is 2.52. The zero-order valence-electron chi connectivity index (χ0n) is 15.1. The molecule has 5 nitrogen and oxygen atoms in total. The van der Waals surface area contributed by atoms with Crippen LogP contribution in [-0.2, 0) is 9.53 Å². The van der Waals surface area contributed by atoms with Crippen molar-refractivity contribution >= 4 is 28.2 Å². The van der Waals surface area contributed by atoms with Crippen LogP contribution in [-0.4, -0.2) is 25.0 Å². The molecule has 3 N–H and O–H groups in total. The summed E-state index contributed by atoms with van der Waals surface area (Å²) in [6, 6.07) is 10.2. The van der Waals surface area contributed by atoms with Gasteiger partial charge in [0.1, 0.15) is 11.0 Å². The molecule has 1 heterocycles. The summed E-state index contributed by atoms with van der Waals surface area (Å²) < 4.78 is 5.11. The predicted octanol–water partition coefficient (Wildman–Crippen LogP) is 2.80. The van der Waals surface area contributed by atoms with Crippen LogP contribution in [0.25, 0.3) is 0 Å². The fourth-order valence-corrected chi connectivity index (χ4v) is 3.58. The lowest BCUT2D eigenvalue weighted by molar-refractivity contribution is -0.682. The Morgan fingerprint density at radius 3 is 2.56 bits per heavy atom. The molecule has 1 atom stereocenters. The topological polar surface area (TPSA) is 72.0 Å². The van der Waals surface area contributed by atoms with Crippen molar-refractivity contribution in [3.05, 3.63) is 51.9 Å². The van der Waals surface area contributed by atoms with Crippen LogP contribution < -0.4 is 10.6 Å². The number of hydrogen-bond donors (Lipinski definition) is 2. The van der Waals surface area contributed by atoms with E-state index in [-0.39, 0.29) is 24.5 Å². The molecule has 0 saturated carbocycles. The number of quaternary nitrogens is 1. The number of amides is 1. The Balaban J connectivity index is 2.01. The number of nitrogens with one attached hydrogen (secondary N) is 1. The number of carbonyl (C=O) groups is 2. The van der Waals surface area contributed by atoms with Crippen molar-refractivity contribution in [1.29, 1.82) is 0 Å². The summed E-state index contributed by atoms with van der Waals surface area (Å²) in [5, 5.41) is 5.41. The van der Waals surface area contributed by atoms with E-state index in [1.165, 1.54) is 16.9 Å². The number of carbonyl (C=O) groups excluding carboxylic acids is 2. The third-order valence-corrected chi connectivity index (χ3v) is 5.22. The summed E-state index contributed by atoms with van der Waals surface area (Å²) in [6.07, 6.45) is 0. The molecular weight excluding hydrogens is 336 g/mol. The average molecular weight is 361 g/mol. The Hall–Kier alpha value is -2.18. The third kappa shape index (κ3) is 4.90. The zero-order valence-corrected chi connectivity index (χ0v) is 15.9. The summed E-state index contributed by atoms with van der Waals surface area (Å²) in [7, 11) is 0. The molecule has 1 aromatic heterocycles. The summed E-state index contributed by atoms with van der Waals surface area (Å²) in [4.78, 5) is 25.5. The summed E-state index contributed by atoms with van der Waals surface area (Å²) >= 11 is 1.41. The molecule has 6 heteroatoms. The summed E-state index contributed by atoms with van der Waals surface area (Å²) in [6.45, 7) is 8.23. The van der Waals surface area contributed by atoms with Crippen LogP contribution in [0, 0.1) is 13.8 Å². The number of esters is 1. The van der Waals surface area contributed by atoms with Gasteiger partial charge in [-0.3, -0.25) is 4.79 Å². The van der Waals surface area contributed by atoms with Gasteiger partial charge in [-0.25, -0.2) is 4.79 Å². The van der Waals surface area contributed by atoms with E-state index in [4.69, 9.17) is 4.74 Å². The largest absolute Gasteiger partial charge is 0.462 e. The van der Waals surface area contributed by atoms with Gasteiger partial charge < -0.3 is 15.4 Å². The van der Waals surface area contributed by atoms with Gasteiger partial charge in [-0.1, -0.05) is 30.3 Å². The maximum Gasteiger partial charge on any atom is 0.341 e. The van der Waals surface area contributed by atoms with E-state index in [2.05, 4.69) is 12.2 Å². The molecule has 25 heavy (non-hydrogen) atoms. The number of benzene rings is 1. The van der Waals surface area contributed by atoms with Crippen LogP contribution in [0.4, 0.5) is 5.00 Å². The zero-order chi connectivity index (χ0) is 18.4. The van der Waals surface area contributed by atoms with Crippen molar-refractivity contribution in [2.75, 3.05) is 18.5 Å². The van der Waals surface area contributed by atoms with E-state index < -0.39 is 0 Å². The van der Waals surface area contributed by atoms with Crippen molar-refractivity contribution < 1.29 is 19.6 Å². The second-order valence-corrected chi connectivity index (χ2v) is 7.12. The fraction of sp³-hybridized carbons (Fsp3) is 0.368. The maximum absolute atomic E-state index is 12.3. The number of ether oxygens (including phenoxy) is 1. The molecule has 2 rings (SSSR count). The van der Waals surface area contributed by atoms with Gasteiger partial charge in [0.25, 0.3) is 5.91 Å². The standard InChI is InChI=1S/C19H24N2O3S/c1-5-24-19(23)17-12(2)14(4)25-18(17)21-16(22)11-20-13(3)15-9-7-6-8-10-15/h6-10,13,20H,5,11H2,1-4H3,(H,21,22)/p+1. The van der Waals surface area contributed by atoms with Crippen LogP contribution >= 0.6 is 11.3 Å². The predicted molar refractivity (Wildman–Crippen MR) is 100 cm³/mol. The van der Waals surface area contributed by atoms with E-state index >= 15 is 0 Å². The highest BCUT2D eigenvalue weighted by atomic mass is 32.1. The van der Waals surface area contributed by atoms with Crippen LogP contribution in [0.15, 0.2) is 30.3 Å². The second-order valence-electron chi connectivity index (χ2n) is 5.90. The molecule has 0 spiro atoms. The highest BCUT2D eigenvalue weighted by Crippen LogP contribution is 2.32. The number of nitrogens with two attached hydrogens (primary N) is 1. The lowest BCUT2D eigenvalue weighted by Crippen LogP contribution is -2.86. The van der Waals surface area contributed by atoms with E-state index in [1.54, 1.807) is 6.92 Å². The normalized spacial score (nSPS) is 11.8. The Morgan fingerprint density at radius 2 is 1.92 bits per heavy atom. The van der Waals surface area contributed by atoms with E-state index in [0.29, 0.717) is 17.2 Å². The molecule has 1 amide bonds. The van der Waals surface area contributed by atoms with Gasteiger partial charge in [-0.2, -0.15) is 0 Å². The first kappa shape index (κ1) is 19.1. The van der Waals surface area contributed by atoms with Gasteiger partial charge in [-0.15, -0.1) is 11.3 Å². The quantitative estimate of drug-likeness (QED) is 0.745. The molecule has 0 aliphatic rings. The SMILES string of the molecule is CCOC(=O)c1c(NC(=O)C[NH2+]C(C)c2ccccc2)sc(C)c1C. The first-order valence-electron chi connectivity index (χ1n) is 8.39. The molecule has 0 bridgehead atoms. The van der Waals surface area contributed by atoms with Crippen molar-refractivity contribution in [2.45, 2.75) is 33.7 Å². The van der Waals surface area contributed by atoms with E-state index in [9.17, 15) is 9.59 Å². The molecule has 0 fully saturated rings. The van der Waals surface area contributed by atoms with Crippen LogP contribution in [0.5, 0.6) is 0 Å². The Kier molecular flexibility index (Phi) is 6.73. The number of thiophene rings is 1. The molecule has 1 unspecified atom stereocenters. The highest BCUT2D eigenvalue weighted by molar-refractivity contribution is 7.16. The minimum Gasteiger partial charge on any atom is -0.462 e. The average Bonchev–Trinajstić information content (AvgIpc) is 2.87. The molecule has 1 aromatic carbocycles. The van der Waals surface area contributed by atoms with Crippen molar-refractivity contribution in [2.24, 2.45) is 0 Å².